The van der Waals surface area contributed by atoms with Crippen LogP contribution >= 0.6 is 0 Å². The average molecular weight is 503 g/mol. The Kier molecular flexibility index (Phi) is 6.13. The minimum absolute atomic E-state index is 0.190. The Balaban J connectivity index is 1.57. The molecule has 0 radical (unpaired) electrons. The van der Waals surface area contributed by atoms with Crippen molar-refractivity contribution < 1.29 is 40.4 Å². The Morgan fingerprint density at radius 3 is 2.62 bits per heavy atom. The first-order valence-corrected chi connectivity index (χ1v) is 12.5. The number of benzene rings is 1. The quantitative estimate of drug-likeness (QED) is 0.567. The molecule has 4 rings (SSSR count). The number of hydrogen-bond acceptors (Lipinski definition) is 8. The lowest BCUT2D eigenvalue weighted by molar-refractivity contribution is -0.189. The van der Waals surface area contributed by atoms with Gasteiger partial charge in [-0.3, -0.25) is 4.79 Å². The number of alkyl halides is 3. The smallest absolute Gasteiger partial charge is 0.425 e. The van der Waals surface area contributed by atoms with Gasteiger partial charge in [-0.25, -0.2) is 8.42 Å². The van der Waals surface area contributed by atoms with Gasteiger partial charge in [-0.15, -0.1) is 0 Å². The molecule has 0 spiro atoms. The maximum absolute atomic E-state index is 13.3. The van der Waals surface area contributed by atoms with Crippen LogP contribution in [-0.2, 0) is 20.2 Å². The number of methoxy groups -OCH3 is 1. The molecule has 1 unspecified atom stereocenters. The number of amides is 1. The Morgan fingerprint density at radius 1 is 1.32 bits per heavy atom. The van der Waals surface area contributed by atoms with E-state index in [1.165, 1.54) is 4.90 Å². The second kappa shape index (κ2) is 8.52. The minimum Gasteiger partial charge on any atom is -0.480 e. The van der Waals surface area contributed by atoms with Gasteiger partial charge in [0.05, 0.1) is 10.5 Å². The molecule has 1 aliphatic heterocycles. The van der Waals surface area contributed by atoms with E-state index in [0.717, 1.165) is 44.2 Å². The molecule has 34 heavy (non-hydrogen) atoms. The molecule has 2 aromatic rings. The highest BCUT2D eigenvalue weighted by atomic mass is 32.2. The van der Waals surface area contributed by atoms with E-state index in [9.17, 15) is 26.4 Å². The average Bonchev–Trinajstić information content (AvgIpc) is 3.17. The lowest BCUT2D eigenvalue weighted by Crippen LogP contribution is -2.33. The van der Waals surface area contributed by atoms with Gasteiger partial charge in [-0.2, -0.15) is 18.2 Å². The van der Waals surface area contributed by atoms with E-state index in [1.54, 1.807) is 7.11 Å². The van der Waals surface area contributed by atoms with Gasteiger partial charge in [0.15, 0.2) is 21.8 Å². The SMILES string of the molecule is COC1(c2nc(C3CCN(C(=O)c4cc(S(C)(=O)=O)ccc4O[C@@H](C)C(F)(F)F)C3)no2)CC1. The molecule has 1 aromatic heterocycles. The molecule has 0 bridgehead atoms. The van der Waals surface area contributed by atoms with Crippen molar-refractivity contribution in [2.24, 2.45) is 0 Å². The molecular formula is C21H24F3N3O6S. The molecule has 1 saturated heterocycles. The Labute approximate surface area is 194 Å². The summed E-state index contributed by atoms with van der Waals surface area (Å²) in [5.41, 5.74) is -0.808. The number of sulfone groups is 1. The van der Waals surface area contributed by atoms with Crippen LogP contribution in [0.25, 0.3) is 0 Å². The number of carbonyl (C=O) groups is 1. The third kappa shape index (κ3) is 4.76. The summed E-state index contributed by atoms with van der Waals surface area (Å²) in [5, 5.41) is 4.02. The fraction of sp³-hybridized carbons (Fsp3) is 0.571. The summed E-state index contributed by atoms with van der Waals surface area (Å²) in [6, 6.07) is 3.23. The molecule has 186 valence electrons. The summed E-state index contributed by atoms with van der Waals surface area (Å²) in [6.45, 7) is 1.28. The highest BCUT2D eigenvalue weighted by molar-refractivity contribution is 7.90. The monoisotopic (exact) mass is 503 g/mol. The van der Waals surface area contributed by atoms with Crippen molar-refractivity contribution in [3.8, 4) is 5.75 Å². The van der Waals surface area contributed by atoms with Gasteiger partial charge < -0.3 is 18.9 Å². The molecule has 2 atom stereocenters. The highest BCUT2D eigenvalue weighted by Gasteiger charge is 2.50. The van der Waals surface area contributed by atoms with Crippen LogP contribution in [0, 0.1) is 0 Å². The number of likely N-dealkylation sites (tertiary alicyclic amines) is 1. The van der Waals surface area contributed by atoms with E-state index in [-0.39, 0.29) is 35.2 Å². The van der Waals surface area contributed by atoms with Crippen molar-refractivity contribution in [2.45, 2.75) is 54.9 Å². The van der Waals surface area contributed by atoms with Crippen molar-refractivity contribution in [2.75, 3.05) is 26.5 Å². The minimum atomic E-state index is -4.66. The van der Waals surface area contributed by atoms with Gasteiger partial charge in [-0.1, -0.05) is 5.16 Å². The van der Waals surface area contributed by atoms with Crippen molar-refractivity contribution in [3.05, 3.63) is 35.5 Å². The number of nitrogens with zero attached hydrogens (tertiary/aromatic N) is 3. The van der Waals surface area contributed by atoms with Crippen LogP contribution in [0.1, 0.15) is 54.2 Å². The number of halogens is 3. The van der Waals surface area contributed by atoms with Gasteiger partial charge in [0.2, 0.25) is 0 Å². The predicted molar refractivity (Wildman–Crippen MR) is 111 cm³/mol. The highest BCUT2D eigenvalue weighted by Crippen LogP contribution is 2.48. The number of ether oxygens (including phenoxy) is 2. The van der Waals surface area contributed by atoms with Gasteiger partial charge in [0.25, 0.3) is 11.8 Å². The second-order valence-electron chi connectivity index (χ2n) is 8.62. The van der Waals surface area contributed by atoms with Crippen molar-refractivity contribution in [1.82, 2.24) is 15.0 Å². The van der Waals surface area contributed by atoms with E-state index in [1.807, 2.05) is 0 Å². The third-order valence-electron chi connectivity index (χ3n) is 6.14. The molecular weight excluding hydrogens is 479 g/mol. The fourth-order valence-electron chi connectivity index (χ4n) is 3.80. The maximum atomic E-state index is 13.3. The van der Waals surface area contributed by atoms with Crippen LogP contribution in [-0.4, -0.2) is 68.1 Å². The molecule has 2 fully saturated rings. The number of hydrogen-bond donors (Lipinski definition) is 0. The fourth-order valence-corrected chi connectivity index (χ4v) is 4.44. The predicted octanol–water partition coefficient (Wildman–Crippen LogP) is 3.07. The maximum Gasteiger partial charge on any atom is 0.425 e. The second-order valence-corrected chi connectivity index (χ2v) is 10.6. The van der Waals surface area contributed by atoms with Crippen LogP contribution in [0.2, 0.25) is 0 Å². The topological polar surface area (TPSA) is 112 Å². The summed E-state index contributed by atoms with van der Waals surface area (Å²) < 4.78 is 78.9. The Hall–Kier alpha value is -2.67. The van der Waals surface area contributed by atoms with Crippen LogP contribution < -0.4 is 4.74 Å². The molecule has 1 saturated carbocycles. The van der Waals surface area contributed by atoms with Gasteiger partial charge in [0, 0.05) is 32.4 Å². The van der Waals surface area contributed by atoms with E-state index >= 15 is 0 Å². The van der Waals surface area contributed by atoms with Gasteiger partial charge in [0.1, 0.15) is 11.4 Å². The van der Waals surface area contributed by atoms with Gasteiger partial charge in [-0.05, 0) is 44.4 Å². The molecule has 1 aromatic carbocycles. The molecule has 13 heteroatoms. The third-order valence-corrected chi connectivity index (χ3v) is 7.25. The number of rotatable bonds is 7. The molecule has 1 amide bonds. The number of aromatic nitrogens is 2. The molecule has 1 aliphatic carbocycles. The lowest BCUT2D eigenvalue weighted by atomic mass is 10.1. The summed E-state index contributed by atoms with van der Waals surface area (Å²) in [6.07, 6.45) is -3.85. The van der Waals surface area contributed by atoms with Crippen molar-refractivity contribution >= 4 is 15.7 Å². The summed E-state index contributed by atoms with van der Waals surface area (Å²) in [5.74, 6) is -0.432. The Bertz CT molecular complexity index is 1190. The first-order chi connectivity index (χ1) is 15.8. The summed E-state index contributed by atoms with van der Waals surface area (Å²) in [7, 11) is -2.14. The largest absolute Gasteiger partial charge is 0.480 e. The zero-order valence-electron chi connectivity index (χ0n) is 18.8. The zero-order chi connectivity index (χ0) is 24.9. The Morgan fingerprint density at radius 2 is 2.03 bits per heavy atom. The van der Waals surface area contributed by atoms with E-state index < -0.39 is 33.6 Å². The normalized spacial score (nSPS) is 20.9. The van der Waals surface area contributed by atoms with Crippen LogP contribution in [0.3, 0.4) is 0 Å². The van der Waals surface area contributed by atoms with E-state index in [0.29, 0.717) is 18.1 Å². The van der Waals surface area contributed by atoms with Crippen molar-refractivity contribution in [3.63, 3.8) is 0 Å². The molecule has 9 nitrogen and oxygen atoms in total. The summed E-state index contributed by atoms with van der Waals surface area (Å²) >= 11 is 0. The van der Waals surface area contributed by atoms with Crippen molar-refractivity contribution in [1.29, 1.82) is 0 Å². The molecule has 2 aliphatic rings. The lowest BCUT2D eigenvalue weighted by Gasteiger charge is -2.22. The van der Waals surface area contributed by atoms with E-state index in [4.69, 9.17) is 14.0 Å². The first-order valence-electron chi connectivity index (χ1n) is 10.6. The van der Waals surface area contributed by atoms with Crippen LogP contribution in [0.4, 0.5) is 13.2 Å². The van der Waals surface area contributed by atoms with Gasteiger partial charge >= 0.3 is 6.18 Å². The molecule has 0 N–H and O–H groups in total. The first kappa shape index (κ1) is 24.5. The standard InChI is InChI=1S/C21H24F3N3O6S/c1-12(21(22,23)24)32-16-5-4-14(34(3,29)30)10-15(16)18(28)27-9-6-13(11-27)17-25-19(33-26-17)20(31-2)7-8-20/h4-5,10,12-13H,6-9,11H2,1-3H3/t12-,13?/m0/s1. The zero-order valence-corrected chi connectivity index (χ0v) is 19.6. The molecule has 2 heterocycles. The number of carbonyl (C=O) groups excluding carboxylic acids is 1. The van der Waals surface area contributed by atoms with Crippen LogP contribution in [0.5, 0.6) is 5.75 Å². The van der Waals surface area contributed by atoms with E-state index in [2.05, 4.69) is 10.1 Å². The van der Waals surface area contributed by atoms with Crippen LogP contribution in [0.15, 0.2) is 27.6 Å². The summed E-state index contributed by atoms with van der Waals surface area (Å²) in [4.78, 5) is 18.9.